The summed E-state index contributed by atoms with van der Waals surface area (Å²) in [5, 5.41) is 0. The summed E-state index contributed by atoms with van der Waals surface area (Å²) in [5.41, 5.74) is 15.1. The van der Waals surface area contributed by atoms with Gasteiger partial charge >= 0.3 is 11.9 Å². The van der Waals surface area contributed by atoms with Crippen LogP contribution in [0.4, 0.5) is 11.4 Å². The molecule has 0 radical (unpaired) electrons. The number of rotatable bonds is 9. The zero-order chi connectivity index (χ0) is 27.8. The van der Waals surface area contributed by atoms with Gasteiger partial charge in [0.15, 0.2) is 0 Å². The molecular formula is C32H36N2O4S. The van der Waals surface area contributed by atoms with E-state index in [1.165, 1.54) is 43.7 Å². The molecule has 3 unspecified atom stereocenters. The number of carbonyl (C=O) groups is 2. The minimum Gasteiger partial charge on any atom is -0.423 e. The molecular weight excluding hydrogens is 508 g/mol. The average molecular weight is 545 g/mol. The number of anilines is 2. The third kappa shape index (κ3) is 7.45. The lowest BCUT2D eigenvalue weighted by Gasteiger charge is -2.38. The molecule has 1 fully saturated rings. The van der Waals surface area contributed by atoms with Crippen LogP contribution in [-0.4, -0.2) is 11.9 Å². The van der Waals surface area contributed by atoms with Crippen LogP contribution in [0.3, 0.4) is 0 Å². The lowest BCUT2D eigenvalue weighted by molar-refractivity contribution is -0.127. The Morgan fingerprint density at radius 2 is 1.69 bits per heavy atom. The average Bonchev–Trinajstić information content (AvgIpc) is 2.96. The zero-order valence-corrected chi connectivity index (χ0v) is 23.3. The number of nitrogens with two attached hydrogens (primary N) is 2. The van der Waals surface area contributed by atoms with Crippen molar-refractivity contribution in [1.29, 1.82) is 0 Å². The second-order valence-corrected chi connectivity index (χ2v) is 10.7. The summed E-state index contributed by atoms with van der Waals surface area (Å²) < 4.78 is 10.7. The van der Waals surface area contributed by atoms with Gasteiger partial charge in [0.25, 0.3) is 0 Å². The Kier molecular flexibility index (Phi) is 9.71. The van der Waals surface area contributed by atoms with Crippen molar-refractivity contribution in [3.05, 3.63) is 89.5 Å². The standard InChI is InChI=1S/C32H36N2O4S/c1-3-22-6-5-7-28(27(22)4-2)23-11-13-24(14-12-23)32(36)37-26-16-8-21(9-17-26)10-19-31(35)38-39-30-18-15-25(33)20-29(30)34/h8-20,22,27-28H,3-7,33-34H2,1-2H3/b19-10+. The number of hydrogen-bond acceptors (Lipinski definition) is 7. The molecule has 7 heteroatoms. The van der Waals surface area contributed by atoms with Crippen LogP contribution in [0.5, 0.6) is 5.75 Å². The molecule has 6 nitrogen and oxygen atoms in total. The van der Waals surface area contributed by atoms with Gasteiger partial charge in [0, 0.05) is 11.8 Å². The Labute approximate surface area is 235 Å². The van der Waals surface area contributed by atoms with Crippen molar-refractivity contribution in [2.75, 3.05) is 11.5 Å². The summed E-state index contributed by atoms with van der Waals surface area (Å²) in [7, 11) is 0. The lowest BCUT2D eigenvalue weighted by Crippen LogP contribution is -2.26. The Hall–Kier alpha value is -3.71. The van der Waals surface area contributed by atoms with E-state index in [2.05, 4.69) is 26.0 Å². The minimum atomic E-state index is -0.529. The van der Waals surface area contributed by atoms with E-state index in [0.717, 1.165) is 23.5 Å². The first-order chi connectivity index (χ1) is 18.9. The number of nitrogen functional groups attached to an aromatic ring is 2. The topological polar surface area (TPSA) is 105 Å². The number of ether oxygens (including phenoxy) is 1. The first kappa shape index (κ1) is 28.3. The van der Waals surface area contributed by atoms with Crippen LogP contribution in [0.1, 0.15) is 73.4 Å². The van der Waals surface area contributed by atoms with Crippen LogP contribution >= 0.6 is 12.0 Å². The van der Waals surface area contributed by atoms with E-state index < -0.39 is 11.9 Å². The summed E-state index contributed by atoms with van der Waals surface area (Å²) in [6.45, 7) is 4.59. The molecule has 1 aliphatic carbocycles. The van der Waals surface area contributed by atoms with Gasteiger partial charge < -0.3 is 20.4 Å². The maximum Gasteiger partial charge on any atom is 0.343 e. The molecule has 0 bridgehead atoms. The van der Waals surface area contributed by atoms with E-state index in [4.69, 9.17) is 20.4 Å². The highest BCUT2D eigenvalue weighted by molar-refractivity contribution is 7.95. The Morgan fingerprint density at radius 1 is 0.949 bits per heavy atom. The van der Waals surface area contributed by atoms with Crippen molar-refractivity contribution in [1.82, 2.24) is 0 Å². The second-order valence-electron chi connectivity index (χ2n) is 9.97. The van der Waals surface area contributed by atoms with Gasteiger partial charge in [-0.05, 0) is 83.8 Å². The Balaban J connectivity index is 1.30. The Bertz CT molecular complexity index is 1300. The molecule has 3 aromatic carbocycles. The van der Waals surface area contributed by atoms with E-state index in [-0.39, 0.29) is 0 Å². The molecule has 0 heterocycles. The van der Waals surface area contributed by atoms with Crippen LogP contribution < -0.4 is 16.2 Å². The summed E-state index contributed by atoms with van der Waals surface area (Å²) in [4.78, 5) is 25.4. The molecule has 1 saturated carbocycles. The van der Waals surface area contributed by atoms with Gasteiger partial charge in [0.1, 0.15) is 5.75 Å². The van der Waals surface area contributed by atoms with Crippen molar-refractivity contribution in [2.24, 2.45) is 11.8 Å². The summed E-state index contributed by atoms with van der Waals surface area (Å²) in [6.07, 6.45) is 9.18. The number of hydrogen-bond donors (Lipinski definition) is 2. The van der Waals surface area contributed by atoms with Crippen molar-refractivity contribution >= 4 is 41.4 Å². The number of carbonyl (C=O) groups excluding carboxylic acids is 2. The first-order valence-corrected chi connectivity index (χ1v) is 14.3. The lowest BCUT2D eigenvalue weighted by atomic mass is 9.67. The zero-order valence-electron chi connectivity index (χ0n) is 22.5. The van der Waals surface area contributed by atoms with Gasteiger partial charge in [-0.1, -0.05) is 63.8 Å². The van der Waals surface area contributed by atoms with Gasteiger partial charge in [-0.2, -0.15) is 0 Å². The Morgan fingerprint density at radius 3 is 2.36 bits per heavy atom. The SMILES string of the molecule is CCC1CCCC(c2ccc(C(=O)Oc3ccc(/C=C/C(=O)OSc4ccc(N)cc4N)cc3)cc2)C1CC. The molecule has 204 valence electrons. The van der Waals surface area contributed by atoms with Crippen LogP contribution in [0.15, 0.2) is 77.7 Å². The first-order valence-electron chi connectivity index (χ1n) is 13.5. The molecule has 39 heavy (non-hydrogen) atoms. The molecule has 0 spiro atoms. The highest BCUT2D eigenvalue weighted by atomic mass is 32.2. The largest absolute Gasteiger partial charge is 0.423 e. The quantitative estimate of drug-likeness (QED) is 0.0937. The molecule has 1 aliphatic rings. The second kappa shape index (κ2) is 13.4. The molecule has 3 atom stereocenters. The van der Waals surface area contributed by atoms with Crippen molar-refractivity contribution in [3.63, 3.8) is 0 Å². The van der Waals surface area contributed by atoms with Crippen LogP contribution in [-0.2, 0) is 8.98 Å². The molecule has 4 rings (SSSR count). The monoisotopic (exact) mass is 544 g/mol. The molecule has 0 aromatic heterocycles. The summed E-state index contributed by atoms with van der Waals surface area (Å²) >= 11 is 0.878. The summed E-state index contributed by atoms with van der Waals surface area (Å²) in [5.74, 6) is 1.56. The minimum absolute atomic E-state index is 0.394. The van der Waals surface area contributed by atoms with Gasteiger partial charge in [-0.25, -0.2) is 9.59 Å². The third-order valence-corrected chi connectivity index (χ3v) is 8.33. The highest BCUT2D eigenvalue weighted by Gasteiger charge is 2.31. The van der Waals surface area contributed by atoms with Crippen molar-refractivity contribution in [2.45, 2.75) is 56.8 Å². The predicted molar refractivity (Wildman–Crippen MR) is 158 cm³/mol. The van der Waals surface area contributed by atoms with E-state index >= 15 is 0 Å². The fourth-order valence-electron chi connectivity index (χ4n) is 5.50. The molecule has 0 saturated heterocycles. The fourth-order valence-corrected chi connectivity index (χ4v) is 6.00. The third-order valence-electron chi connectivity index (χ3n) is 7.53. The van der Waals surface area contributed by atoms with Crippen LogP contribution in [0, 0.1) is 11.8 Å². The van der Waals surface area contributed by atoms with E-state index in [1.54, 1.807) is 48.5 Å². The molecule has 0 amide bonds. The van der Waals surface area contributed by atoms with Gasteiger partial charge in [0.2, 0.25) is 0 Å². The van der Waals surface area contributed by atoms with E-state index in [0.29, 0.717) is 39.4 Å². The fraction of sp³-hybridized carbons (Fsp3) is 0.312. The number of benzene rings is 3. The van der Waals surface area contributed by atoms with Gasteiger partial charge in [-0.3, -0.25) is 0 Å². The summed E-state index contributed by atoms with van der Waals surface area (Å²) in [6, 6.07) is 19.8. The van der Waals surface area contributed by atoms with Crippen LogP contribution in [0.2, 0.25) is 0 Å². The van der Waals surface area contributed by atoms with E-state index in [1.807, 2.05) is 12.1 Å². The maximum absolute atomic E-state index is 12.7. The normalized spacial score (nSPS) is 19.1. The van der Waals surface area contributed by atoms with E-state index in [9.17, 15) is 9.59 Å². The smallest absolute Gasteiger partial charge is 0.343 e. The van der Waals surface area contributed by atoms with Gasteiger partial charge in [0.05, 0.1) is 28.2 Å². The molecule has 0 aliphatic heterocycles. The predicted octanol–water partition coefficient (Wildman–Crippen LogP) is 7.65. The van der Waals surface area contributed by atoms with Crippen molar-refractivity contribution < 1.29 is 18.5 Å². The molecule has 4 N–H and O–H groups in total. The molecule has 3 aromatic rings. The van der Waals surface area contributed by atoms with Crippen LogP contribution in [0.25, 0.3) is 6.08 Å². The van der Waals surface area contributed by atoms with Crippen molar-refractivity contribution in [3.8, 4) is 5.75 Å². The van der Waals surface area contributed by atoms with Gasteiger partial charge in [-0.15, -0.1) is 0 Å². The maximum atomic E-state index is 12.7. The highest BCUT2D eigenvalue weighted by Crippen LogP contribution is 2.44. The number of esters is 1.